The van der Waals surface area contributed by atoms with E-state index in [1.54, 1.807) is 6.33 Å². The predicted octanol–water partition coefficient (Wildman–Crippen LogP) is 2.56. The van der Waals surface area contributed by atoms with Crippen molar-refractivity contribution in [2.24, 2.45) is 12.0 Å². The lowest BCUT2D eigenvalue weighted by Gasteiger charge is -2.22. The van der Waals surface area contributed by atoms with Crippen molar-refractivity contribution >= 4 is 41.5 Å². The Morgan fingerprint density at radius 1 is 1.36 bits per heavy atom. The Morgan fingerprint density at radius 2 is 2.08 bits per heavy atom. The minimum absolute atomic E-state index is 0. The van der Waals surface area contributed by atoms with Crippen LogP contribution in [0.3, 0.4) is 0 Å². The SMILES string of the molecule is CCNC(=NCc1nncn1C)N(C)CCOc1ccc(Cl)cc1.I. The van der Waals surface area contributed by atoms with E-state index in [0.717, 1.165) is 24.1 Å². The highest BCUT2D eigenvalue weighted by Gasteiger charge is 2.07. The van der Waals surface area contributed by atoms with Crippen molar-refractivity contribution in [1.29, 1.82) is 0 Å². The summed E-state index contributed by atoms with van der Waals surface area (Å²) < 4.78 is 7.58. The summed E-state index contributed by atoms with van der Waals surface area (Å²) in [5, 5.41) is 11.9. The molecule has 1 N–H and O–H groups in total. The lowest BCUT2D eigenvalue weighted by atomic mass is 10.3. The molecule has 0 aliphatic heterocycles. The van der Waals surface area contributed by atoms with E-state index in [2.05, 4.69) is 20.5 Å². The molecule has 1 heterocycles. The molecule has 0 unspecified atom stereocenters. The van der Waals surface area contributed by atoms with Crippen LogP contribution in [0.2, 0.25) is 5.02 Å². The minimum Gasteiger partial charge on any atom is -0.492 e. The molecule has 7 nitrogen and oxygen atoms in total. The molecule has 0 aliphatic rings. The number of nitrogens with one attached hydrogen (secondary N) is 1. The van der Waals surface area contributed by atoms with Gasteiger partial charge in [0.1, 0.15) is 25.2 Å². The van der Waals surface area contributed by atoms with Crippen LogP contribution >= 0.6 is 35.6 Å². The average molecular weight is 479 g/mol. The van der Waals surface area contributed by atoms with Crippen LogP contribution in [0.5, 0.6) is 5.75 Å². The molecule has 25 heavy (non-hydrogen) atoms. The number of aliphatic imine (C=N–C) groups is 1. The van der Waals surface area contributed by atoms with Crippen molar-refractivity contribution in [3.8, 4) is 5.75 Å². The summed E-state index contributed by atoms with van der Waals surface area (Å²) in [7, 11) is 3.88. The summed E-state index contributed by atoms with van der Waals surface area (Å²) in [5.74, 6) is 2.42. The Morgan fingerprint density at radius 3 is 2.68 bits per heavy atom. The van der Waals surface area contributed by atoms with Gasteiger partial charge in [-0.25, -0.2) is 4.99 Å². The first-order valence-corrected chi connectivity index (χ1v) is 8.18. The van der Waals surface area contributed by atoms with E-state index in [1.807, 2.05) is 54.8 Å². The van der Waals surface area contributed by atoms with Crippen molar-refractivity contribution in [3.05, 3.63) is 41.4 Å². The second-order valence-corrected chi connectivity index (χ2v) is 5.69. The number of rotatable bonds is 7. The fourth-order valence-electron chi connectivity index (χ4n) is 2.00. The number of halogens is 2. The number of likely N-dealkylation sites (N-methyl/N-ethyl adjacent to an activating group) is 1. The zero-order valence-corrected chi connectivity index (χ0v) is 17.7. The fourth-order valence-corrected chi connectivity index (χ4v) is 2.13. The second kappa shape index (κ2) is 11.1. The molecule has 0 saturated carbocycles. The van der Waals surface area contributed by atoms with Crippen LogP contribution in [-0.2, 0) is 13.6 Å². The van der Waals surface area contributed by atoms with Gasteiger partial charge in [0.2, 0.25) is 0 Å². The number of hydrogen-bond donors (Lipinski definition) is 1. The number of aryl methyl sites for hydroxylation is 1. The Hall–Kier alpha value is -1.55. The standard InChI is InChI=1S/C16H23ClN6O.HI/c1-4-18-16(19-11-15-21-20-12-23(15)3)22(2)9-10-24-14-7-5-13(17)6-8-14;/h5-8,12H,4,9-11H2,1-3H3,(H,18,19);1H. The number of hydrogen-bond acceptors (Lipinski definition) is 4. The molecule has 0 fully saturated rings. The lowest BCUT2D eigenvalue weighted by Crippen LogP contribution is -2.40. The van der Waals surface area contributed by atoms with Gasteiger partial charge in [-0.15, -0.1) is 34.2 Å². The second-order valence-electron chi connectivity index (χ2n) is 5.25. The third kappa shape index (κ3) is 7.07. The van der Waals surface area contributed by atoms with E-state index in [4.69, 9.17) is 16.3 Å². The maximum absolute atomic E-state index is 5.86. The first kappa shape index (κ1) is 21.5. The largest absolute Gasteiger partial charge is 0.492 e. The van der Waals surface area contributed by atoms with E-state index < -0.39 is 0 Å². The van der Waals surface area contributed by atoms with Gasteiger partial charge >= 0.3 is 0 Å². The fraction of sp³-hybridized carbons (Fsp3) is 0.438. The number of nitrogens with zero attached hydrogens (tertiary/aromatic N) is 5. The van der Waals surface area contributed by atoms with Crippen LogP contribution in [0.4, 0.5) is 0 Å². The van der Waals surface area contributed by atoms with Gasteiger partial charge < -0.3 is 19.5 Å². The van der Waals surface area contributed by atoms with Gasteiger partial charge in [0.15, 0.2) is 11.8 Å². The maximum Gasteiger partial charge on any atom is 0.194 e. The molecule has 1 aromatic carbocycles. The molecule has 0 radical (unpaired) electrons. The zero-order chi connectivity index (χ0) is 17.4. The maximum atomic E-state index is 5.86. The van der Waals surface area contributed by atoms with Crippen molar-refractivity contribution in [1.82, 2.24) is 25.0 Å². The minimum atomic E-state index is 0. The highest BCUT2D eigenvalue weighted by atomic mass is 127. The summed E-state index contributed by atoms with van der Waals surface area (Å²) in [6, 6.07) is 7.34. The van der Waals surface area contributed by atoms with Crippen LogP contribution in [0.25, 0.3) is 0 Å². The van der Waals surface area contributed by atoms with E-state index in [-0.39, 0.29) is 24.0 Å². The molecule has 2 aromatic rings. The van der Waals surface area contributed by atoms with E-state index in [9.17, 15) is 0 Å². The molecule has 0 atom stereocenters. The van der Waals surface area contributed by atoms with Gasteiger partial charge in [0.25, 0.3) is 0 Å². The van der Waals surface area contributed by atoms with Crippen molar-refractivity contribution in [3.63, 3.8) is 0 Å². The van der Waals surface area contributed by atoms with Crippen molar-refractivity contribution < 1.29 is 4.74 Å². The Labute approximate surface area is 170 Å². The molecule has 1 aromatic heterocycles. The quantitative estimate of drug-likeness (QED) is 0.376. The Kier molecular flexibility index (Phi) is 9.58. The molecular formula is C16H24ClIN6O. The van der Waals surface area contributed by atoms with Crippen molar-refractivity contribution in [2.75, 3.05) is 26.7 Å². The molecular weight excluding hydrogens is 455 g/mol. The van der Waals surface area contributed by atoms with Crippen molar-refractivity contribution in [2.45, 2.75) is 13.5 Å². The molecule has 2 rings (SSSR count). The summed E-state index contributed by atoms with van der Waals surface area (Å²) >= 11 is 5.86. The molecule has 0 spiro atoms. The van der Waals surface area contributed by atoms with Gasteiger partial charge in [-0.2, -0.15) is 0 Å². The Balaban J connectivity index is 0.00000312. The number of benzene rings is 1. The van der Waals surface area contributed by atoms with Crippen LogP contribution in [0.15, 0.2) is 35.6 Å². The van der Waals surface area contributed by atoms with E-state index in [1.165, 1.54) is 0 Å². The predicted molar refractivity (Wildman–Crippen MR) is 111 cm³/mol. The first-order valence-electron chi connectivity index (χ1n) is 7.81. The number of aromatic nitrogens is 3. The first-order chi connectivity index (χ1) is 11.6. The number of ether oxygens (including phenoxy) is 1. The third-order valence-corrected chi connectivity index (χ3v) is 3.63. The summed E-state index contributed by atoms with van der Waals surface area (Å²) in [6.45, 7) is 4.55. The van der Waals surface area contributed by atoms with Gasteiger partial charge in [0.05, 0.1) is 6.54 Å². The van der Waals surface area contributed by atoms with Gasteiger partial charge in [-0.05, 0) is 31.2 Å². The van der Waals surface area contributed by atoms with E-state index in [0.29, 0.717) is 24.7 Å². The highest BCUT2D eigenvalue weighted by molar-refractivity contribution is 14.0. The highest BCUT2D eigenvalue weighted by Crippen LogP contribution is 2.15. The van der Waals surface area contributed by atoms with Gasteiger partial charge in [0, 0.05) is 25.7 Å². The Bertz CT molecular complexity index is 661. The molecule has 0 amide bonds. The van der Waals surface area contributed by atoms with Crippen LogP contribution in [-0.4, -0.2) is 52.4 Å². The molecule has 9 heteroatoms. The third-order valence-electron chi connectivity index (χ3n) is 3.38. The summed E-state index contributed by atoms with van der Waals surface area (Å²) in [4.78, 5) is 6.61. The van der Waals surface area contributed by atoms with E-state index >= 15 is 0 Å². The molecule has 138 valence electrons. The van der Waals surface area contributed by atoms with Crippen LogP contribution in [0, 0.1) is 0 Å². The van der Waals surface area contributed by atoms with Gasteiger partial charge in [-0.3, -0.25) is 0 Å². The smallest absolute Gasteiger partial charge is 0.194 e. The van der Waals surface area contributed by atoms with Crippen LogP contribution in [0.1, 0.15) is 12.7 Å². The lowest BCUT2D eigenvalue weighted by molar-refractivity contribution is 0.281. The average Bonchev–Trinajstić information content (AvgIpc) is 2.98. The molecule has 0 saturated heterocycles. The molecule has 0 aliphatic carbocycles. The van der Waals surface area contributed by atoms with Crippen LogP contribution < -0.4 is 10.1 Å². The monoisotopic (exact) mass is 478 g/mol. The zero-order valence-electron chi connectivity index (χ0n) is 14.6. The molecule has 0 bridgehead atoms. The topological polar surface area (TPSA) is 67.6 Å². The summed E-state index contributed by atoms with van der Waals surface area (Å²) in [5.41, 5.74) is 0. The number of guanidine groups is 1. The normalized spacial score (nSPS) is 11.0. The summed E-state index contributed by atoms with van der Waals surface area (Å²) in [6.07, 6.45) is 1.67. The van der Waals surface area contributed by atoms with Gasteiger partial charge in [-0.1, -0.05) is 11.6 Å².